The van der Waals surface area contributed by atoms with Crippen molar-refractivity contribution in [1.29, 1.82) is 0 Å². The smallest absolute Gasteiger partial charge is 0.326 e. The van der Waals surface area contributed by atoms with Crippen LogP contribution in [0.5, 0.6) is 5.75 Å². The molecule has 1 aliphatic carbocycles. The van der Waals surface area contributed by atoms with Crippen molar-refractivity contribution in [2.24, 2.45) is 11.8 Å². The van der Waals surface area contributed by atoms with Gasteiger partial charge in [0.2, 0.25) is 5.91 Å². The first-order valence-corrected chi connectivity index (χ1v) is 12.4. The molecule has 2 heterocycles. The van der Waals surface area contributed by atoms with Gasteiger partial charge < -0.3 is 20.5 Å². The van der Waals surface area contributed by atoms with E-state index in [2.05, 4.69) is 15.6 Å². The lowest BCUT2D eigenvalue weighted by Gasteiger charge is -2.30. The van der Waals surface area contributed by atoms with Crippen molar-refractivity contribution < 1.29 is 24.2 Å². The van der Waals surface area contributed by atoms with E-state index in [-0.39, 0.29) is 23.8 Å². The van der Waals surface area contributed by atoms with E-state index < -0.39 is 5.97 Å². The molecule has 190 valence electrons. The minimum Gasteiger partial charge on any atom is -0.490 e. The maximum atomic E-state index is 12.9. The number of benzene rings is 2. The number of fused-ring (bicyclic) bond motifs is 1. The quantitative estimate of drug-likeness (QED) is 0.453. The minimum atomic E-state index is -0.785. The Hall–Kier alpha value is -4.40. The third-order valence-corrected chi connectivity index (χ3v) is 6.89. The van der Waals surface area contributed by atoms with Crippen molar-refractivity contribution in [2.75, 3.05) is 28.7 Å². The van der Waals surface area contributed by atoms with Crippen molar-refractivity contribution in [1.82, 2.24) is 4.98 Å². The Balaban J connectivity index is 1.23. The van der Waals surface area contributed by atoms with E-state index in [0.717, 1.165) is 16.8 Å². The number of carbonyl (C=O) groups excluding carboxylic acids is 2. The number of pyridine rings is 1. The average Bonchev–Trinajstić information content (AvgIpc) is 2.93. The van der Waals surface area contributed by atoms with E-state index in [9.17, 15) is 14.4 Å². The summed E-state index contributed by atoms with van der Waals surface area (Å²) in [4.78, 5) is 42.6. The minimum absolute atomic E-state index is 0.125. The van der Waals surface area contributed by atoms with Crippen LogP contribution in [0.3, 0.4) is 0 Å². The molecule has 37 heavy (non-hydrogen) atoms. The van der Waals surface area contributed by atoms with E-state index in [1.165, 1.54) is 0 Å². The predicted octanol–water partition coefficient (Wildman–Crippen LogP) is 5.01. The predicted molar refractivity (Wildman–Crippen MR) is 140 cm³/mol. The van der Waals surface area contributed by atoms with Gasteiger partial charge in [-0.25, -0.2) is 9.78 Å². The highest BCUT2D eigenvalue weighted by Gasteiger charge is 2.30. The molecule has 3 amide bonds. The van der Waals surface area contributed by atoms with Gasteiger partial charge in [-0.1, -0.05) is 24.3 Å². The molecule has 0 spiro atoms. The number of para-hydroxylation sites is 1. The fourth-order valence-corrected chi connectivity index (χ4v) is 4.79. The molecule has 9 nitrogen and oxygen atoms in total. The van der Waals surface area contributed by atoms with Gasteiger partial charge in [-0.05, 0) is 67.6 Å². The number of urea groups is 1. The maximum Gasteiger partial charge on any atom is 0.326 e. The Labute approximate surface area is 214 Å². The van der Waals surface area contributed by atoms with Crippen LogP contribution < -0.4 is 20.3 Å². The Bertz CT molecular complexity index is 1290. The third kappa shape index (κ3) is 5.55. The van der Waals surface area contributed by atoms with E-state index >= 15 is 0 Å². The highest BCUT2D eigenvalue weighted by atomic mass is 16.5. The molecule has 0 radical (unpaired) electrons. The second-order valence-electron chi connectivity index (χ2n) is 9.29. The summed E-state index contributed by atoms with van der Waals surface area (Å²) in [7, 11) is 0. The molecule has 2 aromatic carbocycles. The Morgan fingerprint density at radius 1 is 0.892 bits per heavy atom. The van der Waals surface area contributed by atoms with E-state index in [0.29, 0.717) is 56.1 Å². The lowest BCUT2D eigenvalue weighted by molar-refractivity contribution is -0.143. The standard InChI is InChI=1S/C28H28N4O5/c33-26(18-6-8-19(9-7-18)27(34)35)31-25-13-11-21(17-29-25)20-10-12-23-24(16-20)37-15-14-32(23)28(36)30-22-4-2-1-3-5-22/h1-5,10-13,16-19H,6-9,14-15H2,(H,30,36)(H,34,35)(H,29,31,33)/t18-,19-. The SMILES string of the molecule is O=C(Nc1ccccc1)N1CCOc2cc(-c3ccc(NC(=O)[C@H]4CC[C@H](C(=O)O)CC4)nc3)ccc21. The maximum absolute atomic E-state index is 12.9. The van der Waals surface area contributed by atoms with Gasteiger partial charge in [0.1, 0.15) is 18.2 Å². The summed E-state index contributed by atoms with van der Waals surface area (Å²) in [5, 5.41) is 14.9. The lowest BCUT2D eigenvalue weighted by atomic mass is 9.81. The van der Waals surface area contributed by atoms with Gasteiger partial charge >= 0.3 is 12.0 Å². The van der Waals surface area contributed by atoms with Crippen LogP contribution in [0.25, 0.3) is 11.1 Å². The molecule has 1 fully saturated rings. The number of nitrogens with one attached hydrogen (secondary N) is 2. The second-order valence-corrected chi connectivity index (χ2v) is 9.29. The fourth-order valence-electron chi connectivity index (χ4n) is 4.79. The second kappa shape index (κ2) is 10.7. The summed E-state index contributed by atoms with van der Waals surface area (Å²) in [6, 6.07) is 18.4. The number of carbonyl (C=O) groups is 3. The molecule has 5 rings (SSSR count). The number of carboxylic acid groups (broad SMARTS) is 1. The van der Waals surface area contributed by atoms with Crippen molar-refractivity contribution in [2.45, 2.75) is 25.7 Å². The summed E-state index contributed by atoms with van der Waals surface area (Å²) in [5.74, 6) is -0.398. The van der Waals surface area contributed by atoms with Crippen LogP contribution in [0, 0.1) is 11.8 Å². The van der Waals surface area contributed by atoms with Crippen LogP contribution in [-0.2, 0) is 9.59 Å². The number of carboxylic acids is 1. The number of aliphatic carboxylic acids is 1. The average molecular weight is 501 g/mol. The summed E-state index contributed by atoms with van der Waals surface area (Å²) in [6.45, 7) is 0.829. The van der Waals surface area contributed by atoms with Gasteiger partial charge in [0.25, 0.3) is 0 Å². The summed E-state index contributed by atoms with van der Waals surface area (Å²) in [6.07, 6.45) is 3.85. The number of hydrogen-bond acceptors (Lipinski definition) is 5. The number of nitrogens with zero attached hydrogens (tertiary/aromatic N) is 2. The van der Waals surface area contributed by atoms with Gasteiger partial charge in [0.05, 0.1) is 18.2 Å². The first kappa shape index (κ1) is 24.3. The van der Waals surface area contributed by atoms with Crippen LogP contribution in [-0.4, -0.2) is 41.1 Å². The van der Waals surface area contributed by atoms with Crippen molar-refractivity contribution in [3.8, 4) is 16.9 Å². The zero-order chi connectivity index (χ0) is 25.8. The molecule has 1 aliphatic heterocycles. The topological polar surface area (TPSA) is 121 Å². The molecule has 3 N–H and O–H groups in total. The van der Waals surface area contributed by atoms with Crippen molar-refractivity contribution in [3.05, 3.63) is 66.9 Å². The summed E-state index contributed by atoms with van der Waals surface area (Å²) in [5.41, 5.74) is 3.14. The fraction of sp³-hybridized carbons (Fsp3) is 0.286. The number of hydrogen-bond donors (Lipinski definition) is 3. The number of ether oxygens (including phenoxy) is 1. The van der Waals surface area contributed by atoms with Crippen LogP contribution in [0.15, 0.2) is 66.9 Å². The number of anilines is 3. The van der Waals surface area contributed by atoms with Crippen LogP contribution in [0.1, 0.15) is 25.7 Å². The molecule has 2 aliphatic rings. The van der Waals surface area contributed by atoms with Gasteiger partial charge in [0, 0.05) is 23.4 Å². The third-order valence-electron chi connectivity index (χ3n) is 6.89. The van der Waals surface area contributed by atoms with E-state index in [1.54, 1.807) is 17.2 Å². The first-order chi connectivity index (χ1) is 18.0. The molecule has 0 bridgehead atoms. The van der Waals surface area contributed by atoms with Gasteiger partial charge in [-0.15, -0.1) is 0 Å². The Morgan fingerprint density at radius 3 is 2.32 bits per heavy atom. The van der Waals surface area contributed by atoms with Crippen molar-refractivity contribution >= 4 is 35.1 Å². The van der Waals surface area contributed by atoms with Crippen LogP contribution >= 0.6 is 0 Å². The van der Waals surface area contributed by atoms with Gasteiger partial charge in [-0.3, -0.25) is 14.5 Å². The summed E-state index contributed by atoms with van der Waals surface area (Å²) < 4.78 is 5.85. The largest absolute Gasteiger partial charge is 0.490 e. The van der Waals surface area contributed by atoms with Gasteiger partial charge in [-0.2, -0.15) is 0 Å². The molecule has 1 saturated carbocycles. The van der Waals surface area contributed by atoms with Crippen LogP contribution in [0.4, 0.5) is 22.0 Å². The number of amides is 3. The zero-order valence-corrected chi connectivity index (χ0v) is 20.2. The van der Waals surface area contributed by atoms with Crippen molar-refractivity contribution in [3.63, 3.8) is 0 Å². The molecular weight excluding hydrogens is 472 g/mol. The van der Waals surface area contributed by atoms with Crippen LogP contribution in [0.2, 0.25) is 0 Å². The molecule has 0 unspecified atom stereocenters. The number of rotatable bonds is 5. The monoisotopic (exact) mass is 500 g/mol. The molecule has 0 saturated heterocycles. The highest BCUT2D eigenvalue weighted by Crippen LogP contribution is 2.36. The lowest BCUT2D eigenvalue weighted by Crippen LogP contribution is -2.40. The molecular formula is C28H28N4O5. The summed E-state index contributed by atoms with van der Waals surface area (Å²) >= 11 is 0. The zero-order valence-electron chi connectivity index (χ0n) is 20.2. The normalized spacial score (nSPS) is 18.8. The highest BCUT2D eigenvalue weighted by molar-refractivity contribution is 6.03. The molecule has 0 atom stereocenters. The number of aromatic nitrogens is 1. The van der Waals surface area contributed by atoms with E-state index in [1.807, 2.05) is 54.6 Å². The molecule has 9 heteroatoms. The Morgan fingerprint density at radius 2 is 1.62 bits per heavy atom. The van der Waals surface area contributed by atoms with Gasteiger partial charge in [0.15, 0.2) is 0 Å². The Kier molecular flexibility index (Phi) is 7.02. The molecule has 3 aromatic rings. The molecule has 1 aromatic heterocycles. The first-order valence-electron chi connectivity index (χ1n) is 12.4. The van der Waals surface area contributed by atoms with E-state index in [4.69, 9.17) is 9.84 Å².